The number of likely N-dealkylation sites (tertiary alicyclic amines) is 1. The topological polar surface area (TPSA) is 168 Å². The van der Waals surface area contributed by atoms with Crippen molar-refractivity contribution in [3.63, 3.8) is 0 Å². The summed E-state index contributed by atoms with van der Waals surface area (Å²) in [6.45, 7) is 0.912. The van der Waals surface area contributed by atoms with Crippen LogP contribution >= 0.6 is 23.5 Å². The fraction of sp³-hybridized carbons (Fsp3) is 0.810. The maximum Gasteiger partial charge on any atom is 0.326 e. The number of rotatable bonds is 16. The van der Waals surface area contributed by atoms with Gasteiger partial charge in [0.05, 0.1) is 6.04 Å². The predicted molar refractivity (Wildman–Crippen MR) is 133 cm³/mol. The van der Waals surface area contributed by atoms with Crippen LogP contribution in [0.3, 0.4) is 0 Å². The third-order valence-corrected chi connectivity index (χ3v) is 6.88. The predicted octanol–water partition coefficient (Wildman–Crippen LogP) is -0.00590. The van der Waals surface area contributed by atoms with Crippen LogP contribution in [0.2, 0.25) is 0 Å². The Kier molecular flexibility index (Phi) is 14.5. The molecule has 0 aromatic heterocycles. The van der Waals surface area contributed by atoms with Crippen molar-refractivity contribution in [1.29, 1.82) is 0 Å². The number of aliphatic carboxylic acids is 1. The molecular weight excluding hydrogens is 466 g/mol. The third-order valence-electron chi connectivity index (χ3n) is 5.60. The lowest BCUT2D eigenvalue weighted by Crippen LogP contribution is -2.57. The first-order chi connectivity index (χ1) is 15.8. The highest BCUT2D eigenvalue weighted by Gasteiger charge is 2.38. The van der Waals surface area contributed by atoms with E-state index >= 15 is 0 Å². The highest BCUT2D eigenvalue weighted by Crippen LogP contribution is 2.20. The summed E-state index contributed by atoms with van der Waals surface area (Å²) in [5, 5.41) is 14.8. The zero-order chi connectivity index (χ0) is 24.8. The van der Waals surface area contributed by atoms with Crippen molar-refractivity contribution in [2.24, 2.45) is 11.5 Å². The van der Waals surface area contributed by atoms with E-state index in [9.17, 15) is 24.3 Å². The highest BCUT2D eigenvalue weighted by molar-refractivity contribution is 7.98. The molecule has 10 nitrogen and oxygen atoms in total. The number of hydrogen-bond acceptors (Lipinski definition) is 8. The number of carboxylic acids is 1. The number of nitrogens with two attached hydrogens (primary N) is 2. The van der Waals surface area contributed by atoms with Gasteiger partial charge in [-0.05, 0) is 69.1 Å². The molecule has 0 bridgehead atoms. The van der Waals surface area contributed by atoms with Crippen LogP contribution in [-0.2, 0) is 19.2 Å². The second-order valence-electron chi connectivity index (χ2n) is 8.10. The van der Waals surface area contributed by atoms with Crippen LogP contribution in [0.15, 0.2) is 0 Å². The Hall–Kier alpha value is -1.50. The summed E-state index contributed by atoms with van der Waals surface area (Å²) in [4.78, 5) is 51.7. The zero-order valence-corrected chi connectivity index (χ0v) is 21.2. The van der Waals surface area contributed by atoms with Gasteiger partial charge in [0.1, 0.15) is 18.1 Å². The average molecular weight is 506 g/mol. The fourth-order valence-electron chi connectivity index (χ4n) is 3.68. The molecule has 1 rings (SSSR count). The molecule has 33 heavy (non-hydrogen) atoms. The van der Waals surface area contributed by atoms with Gasteiger partial charge in [0.15, 0.2) is 0 Å². The average Bonchev–Trinajstić information content (AvgIpc) is 3.28. The normalized spacial score (nSPS) is 18.4. The van der Waals surface area contributed by atoms with Crippen LogP contribution in [0.4, 0.5) is 0 Å². The molecule has 1 saturated heterocycles. The van der Waals surface area contributed by atoms with E-state index in [2.05, 4.69) is 10.6 Å². The summed E-state index contributed by atoms with van der Waals surface area (Å²) in [5.74, 6) is -1.04. The summed E-state index contributed by atoms with van der Waals surface area (Å²) >= 11 is 3.05. The lowest BCUT2D eigenvalue weighted by molar-refractivity contribution is -0.145. The number of unbranched alkanes of at least 4 members (excludes halogenated alkanes) is 1. The number of nitrogens with zero attached hydrogens (tertiary/aromatic N) is 1. The Morgan fingerprint density at radius 3 is 2.24 bits per heavy atom. The van der Waals surface area contributed by atoms with Gasteiger partial charge in [0, 0.05) is 6.54 Å². The molecule has 0 aliphatic carbocycles. The van der Waals surface area contributed by atoms with E-state index in [4.69, 9.17) is 11.5 Å². The number of thioether (sulfide) groups is 2. The van der Waals surface area contributed by atoms with E-state index in [1.807, 2.05) is 12.5 Å². The number of nitrogens with one attached hydrogen (secondary N) is 2. The van der Waals surface area contributed by atoms with Crippen molar-refractivity contribution in [2.75, 3.05) is 37.1 Å². The molecule has 1 heterocycles. The first-order valence-corrected chi connectivity index (χ1v) is 14.1. The quantitative estimate of drug-likeness (QED) is 0.181. The number of carbonyl (C=O) groups excluding carboxylic acids is 3. The Morgan fingerprint density at radius 2 is 1.67 bits per heavy atom. The molecule has 0 spiro atoms. The molecule has 1 aliphatic rings. The smallest absolute Gasteiger partial charge is 0.326 e. The third kappa shape index (κ3) is 10.1. The Labute approximate surface area is 204 Å². The molecule has 1 aliphatic heterocycles. The van der Waals surface area contributed by atoms with Gasteiger partial charge in [-0.1, -0.05) is 6.42 Å². The van der Waals surface area contributed by atoms with Crippen LogP contribution in [-0.4, -0.2) is 95.0 Å². The van der Waals surface area contributed by atoms with E-state index in [-0.39, 0.29) is 5.91 Å². The van der Waals surface area contributed by atoms with Crippen LogP contribution in [0.25, 0.3) is 0 Å². The van der Waals surface area contributed by atoms with Gasteiger partial charge in [-0.2, -0.15) is 23.5 Å². The molecule has 0 radical (unpaired) electrons. The highest BCUT2D eigenvalue weighted by atomic mass is 32.2. The largest absolute Gasteiger partial charge is 0.480 e. The number of amides is 3. The number of carboxylic acid groups (broad SMARTS) is 1. The summed E-state index contributed by atoms with van der Waals surface area (Å²) in [6, 6.07) is -3.27. The number of hydrogen-bond donors (Lipinski definition) is 5. The Bertz CT molecular complexity index is 655. The lowest BCUT2D eigenvalue weighted by Gasteiger charge is -2.30. The van der Waals surface area contributed by atoms with Crippen LogP contribution in [0.5, 0.6) is 0 Å². The molecule has 1 fully saturated rings. The Morgan fingerprint density at radius 1 is 1.03 bits per heavy atom. The first-order valence-electron chi connectivity index (χ1n) is 11.3. The second-order valence-corrected chi connectivity index (χ2v) is 10.1. The van der Waals surface area contributed by atoms with Crippen LogP contribution in [0.1, 0.15) is 44.9 Å². The number of carbonyl (C=O) groups is 4. The van der Waals surface area contributed by atoms with Crippen LogP contribution in [0, 0.1) is 0 Å². The fourth-order valence-corrected chi connectivity index (χ4v) is 4.62. The standard InChI is InChI=1S/C21H39N5O5S2/c1-32-12-8-15(24-18(27)14(23)6-3-4-10-22)20(29)26-11-5-7-17(26)19(28)25-16(21(30)31)9-13-33-2/h14-17H,3-13,22-23H2,1-2H3,(H,24,27)(H,25,28)(H,30,31). The maximum atomic E-state index is 13.3. The van der Waals surface area contributed by atoms with Crippen molar-refractivity contribution in [1.82, 2.24) is 15.5 Å². The van der Waals surface area contributed by atoms with Gasteiger partial charge in [-0.3, -0.25) is 14.4 Å². The minimum atomic E-state index is -1.10. The summed E-state index contributed by atoms with van der Waals surface area (Å²) in [5.41, 5.74) is 11.5. The van der Waals surface area contributed by atoms with E-state index in [1.54, 1.807) is 11.8 Å². The second kappa shape index (κ2) is 16.2. The van der Waals surface area contributed by atoms with Crippen molar-refractivity contribution in [3.05, 3.63) is 0 Å². The van der Waals surface area contributed by atoms with Gasteiger partial charge in [-0.15, -0.1) is 0 Å². The van der Waals surface area contributed by atoms with Crippen molar-refractivity contribution in [2.45, 2.75) is 69.1 Å². The van der Waals surface area contributed by atoms with Gasteiger partial charge >= 0.3 is 5.97 Å². The molecule has 4 unspecified atom stereocenters. The minimum absolute atomic E-state index is 0.303. The van der Waals surface area contributed by atoms with Gasteiger partial charge in [-0.25, -0.2) is 4.79 Å². The summed E-state index contributed by atoms with van der Waals surface area (Å²) < 4.78 is 0. The Balaban J connectivity index is 2.85. The lowest BCUT2D eigenvalue weighted by atomic mass is 10.1. The SMILES string of the molecule is CSCCC(NC(=O)C1CCCN1C(=O)C(CCSC)NC(=O)C(N)CCCCN)C(=O)O. The van der Waals surface area contributed by atoms with E-state index in [0.717, 1.165) is 12.8 Å². The molecule has 0 saturated carbocycles. The van der Waals surface area contributed by atoms with Gasteiger partial charge in [0.25, 0.3) is 0 Å². The first kappa shape index (κ1) is 29.5. The van der Waals surface area contributed by atoms with Gasteiger partial charge < -0.3 is 32.1 Å². The van der Waals surface area contributed by atoms with E-state index < -0.39 is 42.0 Å². The summed E-state index contributed by atoms with van der Waals surface area (Å²) in [6.07, 6.45) is 7.56. The zero-order valence-electron chi connectivity index (χ0n) is 19.6. The molecule has 12 heteroatoms. The maximum absolute atomic E-state index is 13.3. The van der Waals surface area contributed by atoms with Crippen LogP contribution < -0.4 is 22.1 Å². The molecular formula is C21H39N5O5S2. The molecule has 7 N–H and O–H groups in total. The van der Waals surface area contributed by atoms with Crippen molar-refractivity contribution >= 4 is 47.2 Å². The minimum Gasteiger partial charge on any atom is -0.480 e. The van der Waals surface area contributed by atoms with Crippen molar-refractivity contribution in [3.8, 4) is 0 Å². The summed E-state index contributed by atoms with van der Waals surface area (Å²) in [7, 11) is 0. The molecule has 0 aromatic rings. The van der Waals surface area contributed by atoms with Gasteiger partial charge in [0.2, 0.25) is 17.7 Å². The van der Waals surface area contributed by atoms with Crippen molar-refractivity contribution < 1.29 is 24.3 Å². The molecule has 3 amide bonds. The van der Waals surface area contributed by atoms with E-state index in [1.165, 1.54) is 16.7 Å². The molecule has 190 valence electrons. The monoisotopic (exact) mass is 505 g/mol. The molecule has 0 aromatic carbocycles. The van der Waals surface area contributed by atoms with E-state index in [0.29, 0.717) is 56.7 Å². The molecule has 4 atom stereocenters.